The van der Waals surface area contributed by atoms with Crippen LogP contribution in [0.25, 0.3) is 10.2 Å². The van der Waals surface area contributed by atoms with Gasteiger partial charge in [-0.1, -0.05) is 11.3 Å². The van der Waals surface area contributed by atoms with Crippen molar-refractivity contribution in [2.45, 2.75) is 18.4 Å². The second kappa shape index (κ2) is 7.57. The van der Waals surface area contributed by atoms with E-state index in [-0.39, 0.29) is 22.8 Å². The SMILES string of the molecule is CCOC(=O)Cn1c(=NS(=O)(=O)c2ccc(F)cc2)sc2cc(F)ccc21. The van der Waals surface area contributed by atoms with Crippen molar-refractivity contribution >= 4 is 37.5 Å². The van der Waals surface area contributed by atoms with Crippen LogP contribution in [0.1, 0.15) is 6.92 Å². The third kappa shape index (κ3) is 4.22. The number of nitrogens with zero attached hydrogens (tertiary/aromatic N) is 2. The number of aromatic nitrogens is 1. The second-order valence-corrected chi connectivity index (χ2v) is 8.02. The highest BCUT2D eigenvalue weighted by atomic mass is 32.2. The first-order valence-electron chi connectivity index (χ1n) is 7.81. The van der Waals surface area contributed by atoms with Crippen LogP contribution < -0.4 is 4.80 Å². The molecule has 27 heavy (non-hydrogen) atoms. The van der Waals surface area contributed by atoms with Gasteiger partial charge in [0.05, 0.1) is 21.7 Å². The number of sulfonamides is 1. The van der Waals surface area contributed by atoms with Crippen LogP contribution in [0.15, 0.2) is 51.8 Å². The van der Waals surface area contributed by atoms with Crippen molar-refractivity contribution in [3.8, 4) is 0 Å². The molecule has 0 spiro atoms. The number of ether oxygens (including phenoxy) is 1. The Morgan fingerprint density at radius 3 is 2.48 bits per heavy atom. The third-order valence-electron chi connectivity index (χ3n) is 3.55. The smallest absolute Gasteiger partial charge is 0.326 e. The van der Waals surface area contributed by atoms with Crippen LogP contribution in [0.3, 0.4) is 0 Å². The molecular formula is C17H14F2N2O4S2. The minimum Gasteiger partial charge on any atom is -0.465 e. The van der Waals surface area contributed by atoms with Crippen LogP contribution in [0.5, 0.6) is 0 Å². The Morgan fingerprint density at radius 2 is 1.81 bits per heavy atom. The fraction of sp³-hybridized carbons (Fsp3) is 0.176. The molecule has 0 saturated heterocycles. The monoisotopic (exact) mass is 412 g/mol. The van der Waals surface area contributed by atoms with Crippen molar-refractivity contribution in [3.05, 3.63) is 58.9 Å². The molecular weight excluding hydrogens is 398 g/mol. The standard InChI is InChI=1S/C17H14F2N2O4S2/c1-2-25-16(22)10-21-14-8-5-12(19)9-15(14)26-17(21)20-27(23,24)13-6-3-11(18)4-7-13/h3-9H,2,10H2,1H3. The number of carbonyl (C=O) groups is 1. The summed E-state index contributed by atoms with van der Waals surface area (Å²) in [6.45, 7) is 1.53. The number of hydrogen-bond donors (Lipinski definition) is 0. The fourth-order valence-corrected chi connectivity index (χ4v) is 4.62. The Balaban J connectivity index is 2.18. The number of fused-ring (bicyclic) bond motifs is 1. The Hall–Kier alpha value is -2.59. The van der Waals surface area contributed by atoms with E-state index in [1.54, 1.807) is 6.92 Å². The maximum absolute atomic E-state index is 13.5. The van der Waals surface area contributed by atoms with Crippen molar-refractivity contribution in [2.75, 3.05) is 6.61 Å². The molecule has 6 nitrogen and oxygen atoms in total. The number of carbonyl (C=O) groups excluding carboxylic acids is 1. The zero-order valence-corrected chi connectivity index (χ0v) is 15.7. The maximum Gasteiger partial charge on any atom is 0.326 e. The minimum atomic E-state index is -4.16. The fourth-order valence-electron chi connectivity index (χ4n) is 2.37. The summed E-state index contributed by atoms with van der Waals surface area (Å²) in [5, 5.41) is 0. The van der Waals surface area contributed by atoms with Crippen molar-refractivity contribution in [1.82, 2.24) is 4.57 Å². The van der Waals surface area contributed by atoms with Gasteiger partial charge in [0, 0.05) is 0 Å². The van der Waals surface area contributed by atoms with E-state index in [1.165, 1.54) is 22.8 Å². The number of thiazole rings is 1. The third-order valence-corrected chi connectivity index (χ3v) is 5.99. The Bertz CT molecular complexity index is 1170. The van der Waals surface area contributed by atoms with Crippen LogP contribution >= 0.6 is 11.3 Å². The molecule has 0 atom stereocenters. The molecule has 0 radical (unpaired) electrons. The number of esters is 1. The van der Waals surface area contributed by atoms with Crippen LogP contribution in [-0.2, 0) is 26.1 Å². The van der Waals surface area contributed by atoms with Crippen molar-refractivity contribution in [2.24, 2.45) is 4.40 Å². The van der Waals surface area contributed by atoms with E-state index in [1.807, 2.05) is 0 Å². The predicted octanol–water partition coefficient (Wildman–Crippen LogP) is 2.83. The van der Waals surface area contributed by atoms with Crippen molar-refractivity contribution in [3.63, 3.8) is 0 Å². The molecule has 0 unspecified atom stereocenters. The summed E-state index contributed by atoms with van der Waals surface area (Å²) in [6, 6.07) is 8.07. The molecule has 0 saturated carbocycles. The molecule has 0 amide bonds. The Labute approximate surface area is 157 Å². The van der Waals surface area contributed by atoms with Crippen LogP contribution in [0.2, 0.25) is 0 Å². The summed E-state index contributed by atoms with van der Waals surface area (Å²) in [7, 11) is -4.16. The highest BCUT2D eigenvalue weighted by Gasteiger charge is 2.17. The molecule has 3 rings (SSSR count). The van der Waals surface area contributed by atoms with E-state index in [2.05, 4.69) is 4.40 Å². The van der Waals surface area contributed by atoms with E-state index < -0.39 is 27.6 Å². The summed E-state index contributed by atoms with van der Waals surface area (Å²) in [6.07, 6.45) is 0. The maximum atomic E-state index is 13.5. The molecule has 0 fully saturated rings. The lowest BCUT2D eigenvalue weighted by Gasteiger charge is -2.05. The first-order valence-corrected chi connectivity index (χ1v) is 10.1. The molecule has 1 aromatic heterocycles. The first-order chi connectivity index (χ1) is 12.8. The van der Waals surface area contributed by atoms with Gasteiger partial charge in [0.2, 0.25) is 4.80 Å². The zero-order chi connectivity index (χ0) is 19.6. The topological polar surface area (TPSA) is 77.7 Å². The van der Waals surface area contributed by atoms with Crippen molar-refractivity contribution < 1.29 is 26.7 Å². The summed E-state index contributed by atoms with van der Waals surface area (Å²) >= 11 is 0.918. The van der Waals surface area contributed by atoms with Gasteiger partial charge in [-0.05, 0) is 49.4 Å². The lowest BCUT2D eigenvalue weighted by molar-refractivity contribution is -0.143. The lowest BCUT2D eigenvalue weighted by atomic mass is 10.3. The van der Waals surface area contributed by atoms with Gasteiger partial charge in [-0.15, -0.1) is 4.40 Å². The van der Waals surface area contributed by atoms with E-state index >= 15 is 0 Å². The molecule has 0 aliphatic rings. The molecule has 10 heteroatoms. The highest BCUT2D eigenvalue weighted by molar-refractivity contribution is 7.90. The molecule has 2 aromatic carbocycles. The van der Waals surface area contributed by atoms with Gasteiger partial charge in [-0.3, -0.25) is 4.79 Å². The summed E-state index contributed by atoms with van der Waals surface area (Å²) in [5.74, 6) is -1.66. The second-order valence-electron chi connectivity index (χ2n) is 5.41. The Kier molecular flexibility index (Phi) is 5.38. The quantitative estimate of drug-likeness (QED) is 0.604. The highest BCUT2D eigenvalue weighted by Crippen LogP contribution is 2.20. The number of halogens is 2. The number of rotatable bonds is 5. The van der Waals surface area contributed by atoms with E-state index in [9.17, 15) is 22.0 Å². The largest absolute Gasteiger partial charge is 0.465 e. The molecule has 0 aliphatic carbocycles. The first kappa shape index (κ1) is 19.2. The van der Waals surface area contributed by atoms with Crippen LogP contribution in [0.4, 0.5) is 8.78 Å². The van der Waals surface area contributed by atoms with Crippen LogP contribution in [0, 0.1) is 11.6 Å². The lowest BCUT2D eigenvalue weighted by Crippen LogP contribution is -2.23. The molecule has 0 aliphatic heterocycles. The zero-order valence-electron chi connectivity index (χ0n) is 14.1. The number of hydrogen-bond acceptors (Lipinski definition) is 5. The minimum absolute atomic E-state index is 0.0204. The van der Waals surface area contributed by atoms with Gasteiger partial charge in [0.1, 0.15) is 18.2 Å². The Morgan fingerprint density at radius 1 is 1.15 bits per heavy atom. The average molecular weight is 412 g/mol. The summed E-state index contributed by atoms with van der Waals surface area (Å²) in [5.41, 5.74) is 0.447. The predicted molar refractivity (Wildman–Crippen MR) is 95.6 cm³/mol. The summed E-state index contributed by atoms with van der Waals surface area (Å²) < 4.78 is 62.1. The molecule has 3 aromatic rings. The van der Waals surface area contributed by atoms with Crippen LogP contribution in [-0.4, -0.2) is 25.6 Å². The van der Waals surface area contributed by atoms with E-state index in [4.69, 9.17) is 4.74 Å². The average Bonchev–Trinajstić information content (AvgIpc) is 2.91. The van der Waals surface area contributed by atoms with Crippen molar-refractivity contribution in [1.29, 1.82) is 0 Å². The van der Waals surface area contributed by atoms with E-state index in [0.717, 1.165) is 35.6 Å². The number of benzene rings is 2. The molecule has 0 N–H and O–H groups in total. The summed E-state index contributed by atoms with van der Waals surface area (Å²) in [4.78, 5) is 11.7. The van der Waals surface area contributed by atoms with Gasteiger partial charge in [-0.2, -0.15) is 8.42 Å². The van der Waals surface area contributed by atoms with Gasteiger partial charge < -0.3 is 9.30 Å². The van der Waals surface area contributed by atoms with Gasteiger partial charge >= 0.3 is 5.97 Å². The van der Waals surface area contributed by atoms with Gasteiger partial charge in [0.25, 0.3) is 10.0 Å². The molecule has 0 bridgehead atoms. The van der Waals surface area contributed by atoms with E-state index in [0.29, 0.717) is 10.2 Å². The van der Waals surface area contributed by atoms with Gasteiger partial charge in [-0.25, -0.2) is 8.78 Å². The van der Waals surface area contributed by atoms with Gasteiger partial charge in [0.15, 0.2) is 0 Å². The molecule has 142 valence electrons. The molecule has 1 heterocycles. The normalized spacial score (nSPS) is 12.5.